The van der Waals surface area contributed by atoms with Gasteiger partial charge in [-0.05, 0) is 36.4 Å². The number of benzene rings is 2. The fourth-order valence-corrected chi connectivity index (χ4v) is 3.73. The Balaban J connectivity index is 1.86. The molecule has 1 heterocycles. The molecule has 1 aromatic heterocycles. The smallest absolute Gasteiger partial charge is 0.141 e. The van der Waals surface area contributed by atoms with Crippen molar-refractivity contribution in [3.05, 3.63) is 66.9 Å². The number of hydrogen-bond donors (Lipinski definition) is 0. The first-order chi connectivity index (χ1) is 11.4. The summed E-state index contributed by atoms with van der Waals surface area (Å²) in [5.74, 6) is 1.10. The Morgan fingerprint density at radius 1 is 0.783 bits per heavy atom. The van der Waals surface area contributed by atoms with Crippen LogP contribution in [0.2, 0.25) is 0 Å². The van der Waals surface area contributed by atoms with E-state index >= 15 is 0 Å². The van der Waals surface area contributed by atoms with Gasteiger partial charge in [0.2, 0.25) is 0 Å². The van der Waals surface area contributed by atoms with Gasteiger partial charge in [0, 0.05) is 23.3 Å². The van der Waals surface area contributed by atoms with Gasteiger partial charge in [-0.1, -0.05) is 61.7 Å². The van der Waals surface area contributed by atoms with Crippen molar-refractivity contribution in [1.29, 1.82) is 0 Å². The number of anilines is 2. The van der Waals surface area contributed by atoms with Crippen LogP contribution in [0.15, 0.2) is 66.9 Å². The van der Waals surface area contributed by atoms with Crippen LogP contribution >= 0.6 is 0 Å². The van der Waals surface area contributed by atoms with Gasteiger partial charge < -0.3 is 4.90 Å². The van der Waals surface area contributed by atoms with Crippen LogP contribution in [0.3, 0.4) is 0 Å². The molecule has 0 unspecified atom stereocenters. The van der Waals surface area contributed by atoms with E-state index < -0.39 is 0 Å². The zero-order valence-corrected chi connectivity index (χ0v) is 13.4. The van der Waals surface area contributed by atoms with Gasteiger partial charge in [-0.25, -0.2) is 4.98 Å². The zero-order valence-electron chi connectivity index (χ0n) is 13.4. The van der Waals surface area contributed by atoms with Gasteiger partial charge in [-0.15, -0.1) is 0 Å². The van der Waals surface area contributed by atoms with Crippen molar-refractivity contribution in [2.75, 3.05) is 4.90 Å². The van der Waals surface area contributed by atoms with E-state index in [1.165, 1.54) is 48.6 Å². The molecule has 0 amide bonds. The molecule has 1 fully saturated rings. The summed E-state index contributed by atoms with van der Waals surface area (Å²) in [6, 6.07) is 22.0. The van der Waals surface area contributed by atoms with Gasteiger partial charge in [0.15, 0.2) is 0 Å². The second-order valence-corrected chi connectivity index (χ2v) is 6.35. The third kappa shape index (κ3) is 2.81. The molecule has 2 aromatic carbocycles. The van der Waals surface area contributed by atoms with Crippen molar-refractivity contribution in [3.8, 4) is 0 Å². The number of fused-ring (bicyclic) bond motifs is 1. The van der Waals surface area contributed by atoms with Gasteiger partial charge in [-0.3, -0.25) is 0 Å². The first kappa shape index (κ1) is 14.3. The van der Waals surface area contributed by atoms with Crippen LogP contribution in [0.4, 0.5) is 11.5 Å². The van der Waals surface area contributed by atoms with E-state index in [2.05, 4.69) is 65.6 Å². The molecule has 0 spiro atoms. The minimum Gasteiger partial charge on any atom is -0.323 e. The molecule has 23 heavy (non-hydrogen) atoms. The number of aromatic nitrogens is 1. The van der Waals surface area contributed by atoms with E-state index in [-0.39, 0.29) is 0 Å². The highest BCUT2D eigenvalue weighted by Crippen LogP contribution is 2.36. The molecule has 4 rings (SSSR count). The number of pyridine rings is 1. The molecule has 3 aromatic rings. The maximum atomic E-state index is 4.78. The quantitative estimate of drug-likeness (QED) is 0.616. The normalized spacial score (nSPS) is 15.7. The summed E-state index contributed by atoms with van der Waals surface area (Å²) >= 11 is 0. The fourth-order valence-electron chi connectivity index (χ4n) is 3.73. The zero-order chi connectivity index (χ0) is 15.5. The molecule has 1 saturated carbocycles. The molecule has 1 aliphatic rings. The van der Waals surface area contributed by atoms with Gasteiger partial charge in [-0.2, -0.15) is 0 Å². The molecule has 1 aliphatic carbocycles. The molecule has 0 bridgehead atoms. The standard InChI is InChI=1S/C21H22N2/c1-3-10-18(11-4-1)23(19-12-5-2-6-13-19)21-20-14-8-7-9-17(20)15-16-22-21/h1,3-4,7-11,14-16,19H,2,5-6,12-13H2. The van der Waals surface area contributed by atoms with Crippen LogP contribution in [-0.4, -0.2) is 11.0 Å². The summed E-state index contributed by atoms with van der Waals surface area (Å²) in [5, 5.41) is 2.50. The van der Waals surface area contributed by atoms with E-state index in [1.54, 1.807) is 0 Å². The minimum atomic E-state index is 0.546. The lowest BCUT2D eigenvalue weighted by molar-refractivity contribution is 0.435. The second-order valence-electron chi connectivity index (χ2n) is 6.35. The van der Waals surface area contributed by atoms with Crippen molar-refractivity contribution in [3.63, 3.8) is 0 Å². The molecule has 0 N–H and O–H groups in total. The highest BCUT2D eigenvalue weighted by molar-refractivity contribution is 5.94. The van der Waals surface area contributed by atoms with Crippen LogP contribution < -0.4 is 4.90 Å². The molecule has 0 aliphatic heterocycles. The van der Waals surface area contributed by atoms with Crippen LogP contribution in [0.25, 0.3) is 10.8 Å². The van der Waals surface area contributed by atoms with Crippen LogP contribution in [-0.2, 0) is 0 Å². The summed E-state index contributed by atoms with van der Waals surface area (Å²) in [5.41, 5.74) is 1.25. The third-order valence-electron chi connectivity index (χ3n) is 4.86. The van der Waals surface area contributed by atoms with Crippen molar-refractivity contribution < 1.29 is 0 Å². The summed E-state index contributed by atoms with van der Waals surface area (Å²) in [4.78, 5) is 7.26. The SMILES string of the molecule is c1ccc(N(c2nccc3ccccc23)C2CCCCC2)cc1. The molecule has 0 atom stereocenters. The average molecular weight is 302 g/mol. The van der Waals surface area contributed by atoms with E-state index in [0.717, 1.165) is 5.82 Å². The number of para-hydroxylation sites is 1. The summed E-state index contributed by atoms with van der Waals surface area (Å²) in [6.45, 7) is 0. The third-order valence-corrected chi connectivity index (χ3v) is 4.86. The molecule has 2 nitrogen and oxygen atoms in total. The van der Waals surface area contributed by atoms with Gasteiger partial charge in [0.05, 0.1) is 0 Å². The van der Waals surface area contributed by atoms with Crippen molar-refractivity contribution in [2.24, 2.45) is 0 Å². The molecule has 0 saturated heterocycles. The van der Waals surface area contributed by atoms with E-state index in [4.69, 9.17) is 4.98 Å². The van der Waals surface area contributed by atoms with E-state index in [9.17, 15) is 0 Å². The Morgan fingerprint density at radius 2 is 1.52 bits per heavy atom. The summed E-state index contributed by atoms with van der Waals surface area (Å²) in [6.07, 6.45) is 8.44. The van der Waals surface area contributed by atoms with Crippen LogP contribution in [0.5, 0.6) is 0 Å². The molecule has 116 valence electrons. The topological polar surface area (TPSA) is 16.1 Å². The Hall–Kier alpha value is -2.35. The number of rotatable bonds is 3. The maximum absolute atomic E-state index is 4.78. The summed E-state index contributed by atoms with van der Waals surface area (Å²) in [7, 11) is 0. The number of hydrogen-bond acceptors (Lipinski definition) is 2. The van der Waals surface area contributed by atoms with Gasteiger partial charge >= 0.3 is 0 Å². The monoisotopic (exact) mass is 302 g/mol. The largest absolute Gasteiger partial charge is 0.323 e. The van der Waals surface area contributed by atoms with Crippen molar-refractivity contribution in [2.45, 2.75) is 38.1 Å². The highest BCUT2D eigenvalue weighted by atomic mass is 15.2. The van der Waals surface area contributed by atoms with E-state index in [1.807, 2.05) is 6.20 Å². The van der Waals surface area contributed by atoms with Crippen molar-refractivity contribution >= 4 is 22.3 Å². The Labute approximate surface area is 137 Å². The average Bonchev–Trinajstić information content (AvgIpc) is 2.64. The minimum absolute atomic E-state index is 0.546. The van der Waals surface area contributed by atoms with Gasteiger partial charge in [0.25, 0.3) is 0 Å². The van der Waals surface area contributed by atoms with Gasteiger partial charge in [0.1, 0.15) is 5.82 Å². The Morgan fingerprint density at radius 3 is 2.35 bits per heavy atom. The van der Waals surface area contributed by atoms with E-state index in [0.29, 0.717) is 6.04 Å². The predicted molar refractivity (Wildman–Crippen MR) is 97.2 cm³/mol. The number of nitrogens with zero attached hydrogens (tertiary/aromatic N) is 2. The molecule has 2 heteroatoms. The highest BCUT2D eigenvalue weighted by Gasteiger charge is 2.24. The lowest BCUT2D eigenvalue weighted by Gasteiger charge is -2.36. The fraction of sp³-hybridized carbons (Fsp3) is 0.286. The molecular weight excluding hydrogens is 280 g/mol. The molecule has 0 radical (unpaired) electrons. The lowest BCUT2D eigenvalue weighted by atomic mass is 9.93. The first-order valence-corrected chi connectivity index (χ1v) is 8.61. The van der Waals surface area contributed by atoms with Crippen LogP contribution in [0, 0.1) is 0 Å². The first-order valence-electron chi connectivity index (χ1n) is 8.61. The predicted octanol–water partition coefficient (Wildman–Crippen LogP) is 5.71. The lowest BCUT2D eigenvalue weighted by Crippen LogP contribution is -2.33. The van der Waals surface area contributed by atoms with Crippen LogP contribution in [0.1, 0.15) is 32.1 Å². The summed E-state index contributed by atoms with van der Waals surface area (Å²) < 4.78 is 0. The van der Waals surface area contributed by atoms with Crippen molar-refractivity contribution in [1.82, 2.24) is 4.98 Å². The maximum Gasteiger partial charge on any atom is 0.141 e. The Kier molecular flexibility index (Phi) is 3.97. The second kappa shape index (κ2) is 6.41. The Bertz CT molecular complexity index is 771. The molecular formula is C21H22N2.